The van der Waals surface area contributed by atoms with Crippen molar-refractivity contribution in [3.8, 4) is 34.5 Å². The Hall–Kier alpha value is -7.46. The van der Waals surface area contributed by atoms with Crippen LogP contribution in [0.4, 0.5) is 0 Å². The van der Waals surface area contributed by atoms with Crippen molar-refractivity contribution in [3.63, 3.8) is 0 Å². The van der Waals surface area contributed by atoms with Gasteiger partial charge in [-0.2, -0.15) is 0 Å². The van der Waals surface area contributed by atoms with Gasteiger partial charge in [-0.25, -0.2) is 9.59 Å². The molecule has 0 saturated carbocycles. The molecule has 0 aliphatic rings. The Morgan fingerprint density at radius 2 is 0.704 bits per heavy atom. The van der Waals surface area contributed by atoms with Crippen molar-refractivity contribution in [2.24, 2.45) is 0 Å². The first kappa shape index (κ1) is 31.3. The molecule has 10 aromatic rings. The van der Waals surface area contributed by atoms with Crippen LogP contribution in [-0.2, 0) is 0 Å². The van der Waals surface area contributed by atoms with E-state index in [-0.39, 0.29) is 77.2 Å². The predicted octanol–water partition coefficient (Wildman–Crippen LogP) is 8.11. The van der Waals surface area contributed by atoms with Crippen LogP contribution in [0, 0.1) is 13.8 Å². The topological polar surface area (TPSA) is 168 Å². The number of carbonyl (C=O) groups excluding carboxylic acids is 2. The Labute approximate surface area is 302 Å². The summed E-state index contributed by atoms with van der Waals surface area (Å²) in [6, 6.07) is 21.2. The molecule has 54 heavy (non-hydrogen) atoms. The number of carbonyl (C=O) groups is 2. The molecule has 0 heterocycles. The van der Waals surface area contributed by atoms with Crippen LogP contribution >= 0.6 is 0 Å². The third-order valence-corrected chi connectivity index (χ3v) is 10.6. The van der Waals surface area contributed by atoms with Crippen molar-refractivity contribution in [2.45, 2.75) is 13.8 Å². The second-order valence-corrected chi connectivity index (χ2v) is 13.6. The maximum Gasteiger partial charge on any atom is 0.343 e. The number of benzene rings is 10. The molecule has 0 aliphatic carbocycles. The summed E-state index contributed by atoms with van der Waals surface area (Å²) in [5, 5.41) is 48.1. The summed E-state index contributed by atoms with van der Waals surface area (Å²) in [7, 11) is 0. The van der Waals surface area contributed by atoms with Crippen molar-refractivity contribution in [1.82, 2.24) is 0 Å². The highest BCUT2D eigenvalue weighted by Gasteiger charge is 2.34. The molecule has 0 fully saturated rings. The number of hydrogen-bond donors (Lipinski definition) is 4. The number of phenols is 4. The molecule has 260 valence electrons. The quantitative estimate of drug-likeness (QED) is 0.0606. The minimum atomic E-state index is -0.814. The fourth-order valence-electron chi connectivity index (χ4n) is 8.58. The Kier molecular flexibility index (Phi) is 6.11. The standard InChI is InChI=1S/C44H24O10/c1-17-13-21(45)29-35-27(17)28-18(2)14-22(46)30-36(28)40-38-32(42(30)50)24(48)16-26(54-44(52)20-11-7-4-8-12-20)34(38)33-25(53-43(51)19-9-5-3-6-10-19)15-23(47)31(41(29)49)37(33)39(35)40/h3-16,45-48H,1-2H3. The monoisotopic (exact) mass is 712 g/mol. The molecule has 0 aromatic heterocycles. The van der Waals surface area contributed by atoms with E-state index in [2.05, 4.69) is 0 Å². The van der Waals surface area contributed by atoms with E-state index < -0.39 is 34.3 Å². The highest BCUT2D eigenvalue weighted by atomic mass is 16.5. The Balaban J connectivity index is 1.54. The molecule has 0 unspecified atom stereocenters. The van der Waals surface area contributed by atoms with Crippen LogP contribution in [0.15, 0.2) is 94.5 Å². The van der Waals surface area contributed by atoms with Gasteiger partial charge in [0.15, 0.2) is 0 Å². The molecule has 0 bridgehead atoms. The van der Waals surface area contributed by atoms with Gasteiger partial charge in [0.05, 0.1) is 32.7 Å². The summed E-state index contributed by atoms with van der Waals surface area (Å²) in [5.74, 6) is -3.92. The minimum Gasteiger partial charge on any atom is -0.507 e. The fourth-order valence-corrected chi connectivity index (χ4v) is 8.58. The summed E-state index contributed by atoms with van der Waals surface area (Å²) in [4.78, 5) is 56.7. The second kappa shape index (κ2) is 10.5. The number of esters is 2. The first-order valence-corrected chi connectivity index (χ1v) is 16.9. The van der Waals surface area contributed by atoms with Gasteiger partial charge >= 0.3 is 11.9 Å². The summed E-state index contributed by atoms with van der Waals surface area (Å²) in [6.07, 6.45) is 0. The van der Waals surface area contributed by atoms with Crippen LogP contribution < -0.4 is 20.3 Å². The maximum absolute atomic E-state index is 14.7. The van der Waals surface area contributed by atoms with Crippen molar-refractivity contribution in [1.29, 1.82) is 0 Å². The molecule has 10 rings (SSSR count). The first-order valence-electron chi connectivity index (χ1n) is 16.9. The van der Waals surface area contributed by atoms with Crippen LogP contribution in [0.3, 0.4) is 0 Å². The number of hydrogen-bond acceptors (Lipinski definition) is 10. The zero-order chi connectivity index (χ0) is 37.5. The average Bonchev–Trinajstić information content (AvgIpc) is 3.14. The van der Waals surface area contributed by atoms with Gasteiger partial charge in [0.1, 0.15) is 34.5 Å². The van der Waals surface area contributed by atoms with E-state index in [0.717, 1.165) is 12.1 Å². The molecule has 0 atom stereocenters. The molecule has 10 heteroatoms. The Morgan fingerprint density at radius 1 is 0.407 bits per heavy atom. The average molecular weight is 713 g/mol. The second-order valence-electron chi connectivity index (χ2n) is 13.6. The molecule has 0 saturated heterocycles. The molecule has 0 spiro atoms. The third-order valence-electron chi connectivity index (χ3n) is 10.6. The van der Waals surface area contributed by atoms with Crippen LogP contribution in [0.1, 0.15) is 31.8 Å². The smallest absolute Gasteiger partial charge is 0.343 e. The zero-order valence-corrected chi connectivity index (χ0v) is 28.3. The van der Waals surface area contributed by atoms with Gasteiger partial charge in [0.2, 0.25) is 10.9 Å². The lowest BCUT2D eigenvalue weighted by Gasteiger charge is -2.26. The fraction of sp³-hybridized carbons (Fsp3) is 0.0455. The van der Waals surface area contributed by atoms with E-state index in [1.165, 1.54) is 36.4 Å². The maximum atomic E-state index is 14.7. The van der Waals surface area contributed by atoms with Gasteiger partial charge in [0, 0.05) is 55.2 Å². The largest absolute Gasteiger partial charge is 0.507 e. The van der Waals surface area contributed by atoms with Crippen molar-refractivity contribution in [3.05, 3.63) is 128 Å². The highest BCUT2D eigenvalue weighted by Crippen LogP contribution is 2.57. The predicted molar refractivity (Wildman–Crippen MR) is 205 cm³/mol. The van der Waals surface area contributed by atoms with E-state index in [9.17, 15) is 39.6 Å². The van der Waals surface area contributed by atoms with E-state index in [4.69, 9.17) is 9.47 Å². The number of ether oxygens (including phenoxy) is 2. The van der Waals surface area contributed by atoms with Gasteiger partial charge in [-0.15, -0.1) is 0 Å². The van der Waals surface area contributed by atoms with E-state index in [1.54, 1.807) is 50.2 Å². The van der Waals surface area contributed by atoms with Gasteiger partial charge in [-0.3, -0.25) is 9.59 Å². The van der Waals surface area contributed by atoms with Gasteiger partial charge in [-0.05, 0) is 72.1 Å². The lowest BCUT2D eigenvalue weighted by atomic mass is 9.78. The lowest BCUT2D eigenvalue weighted by Crippen LogP contribution is -2.14. The van der Waals surface area contributed by atoms with Gasteiger partial charge in [-0.1, -0.05) is 36.4 Å². The zero-order valence-electron chi connectivity index (χ0n) is 28.3. The highest BCUT2D eigenvalue weighted by molar-refractivity contribution is 6.51. The molecular weight excluding hydrogens is 688 g/mol. The summed E-state index contributed by atoms with van der Waals surface area (Å²) >= 11 is 0. The van der Waals surface area contributed by atoms with Crippen LogP contribution in [0.5, 0.6) is 34.5 Å². The van der Waals surface area contributed by atoms with Gasteiger partial charge in [0.25, 0.3) is 0 Å². The van der Waals surface area contributed by atoms with Crippen molar-refractivity contribution in [2.75, 3.05) is 0 Å². The van der Waals surface area contributed by atoms with E-state index in [0.29, 0.717) is 43.4 Å². The van der Waals surface area contributed by atoms with Crippen LogP contribution in [0.25, 0.3) is 75.4 Å². The molecule has 0 amide bonds. The Morgan fingerprint density at radius 3 is 1.06 bits per heavy atom. The first-order chi connectivity index (χ1) is 26.0. The molecule has 10 aromatic carbocycles. The number of aromatic hydroxyl groups is 4. The lowest BCUT2D eigenvalue weighted by molar-refractivity contribution is 0.0725. The van der Waals surface area contributed by atoms with Crippen molar-refractivity contribution < 1.29 is 39.5 Å². The van der Waals surface area contributed by atoms with Crippen molar-refractivity contribution >= 4 is 87.3 Å². The van der Waals surface area contributed by atoms with E-state index in [1.807, 2.05) is 0 Å². The van der Waals surface area contributed by atoms with Gasteiger partial charge < -0.3 is 29.9 Å². The van der Waals surface area contributed by atoms with E-state index >= 15 is 0 Å². The molecule has 4 N–H and O–H groups in total. The number of phenolic OH excluding ortho intramolecular Hbond substituents is 4. The molecule has 0 aliphatic heterocycles. The molecule has 0 radical (unpaired) electrons. The summed E-state index contributed by atoms with van der Waals surface area (Å²) < 4.78 is 12.0. The minimum absolute atomic E-state index is 0.0282. The number of aryl methyl sites for hydroxylation is 2. The summed E-state index contributed by atoms with van der Waals surface area (Å²) in [6.45, 7) is 3.49. The normalized spacial score (nSPS) is 12.1. The summed E-state index contributed by atoms with van der Waals surface area (Å²) in [5.41, 5.74) is 0.00494. The van der Waals surface area contributed by atoms with Crippen LogP contribution in [0.2, 0.25) is 0 Å². The number of rotatable bonds is 4. The molecule has 10 nitrogen and oxygen atoms in total. The number of fused-ring (bicyclic) bond motifs is 2. The Bertz CT molecular complexity index is 3170. The SMILES string of the molecule is Cc1cc(O)c2c(=O)c3c(O)cc(OC(=O)c4ccccc4)c4c5c(OC(=O)c6ccccc6)cc(O)c6c(=O)c7c(O)cc(C)c8c1c2c(c34)c(c78)c65. The third kappa shape index (κ3) is 3.83. The van der Waals surface area contributed by atoms with Crippen LogP contribution in [-0.4, -0.2) is 32.4 Å². The molecular formula is C44H24O10.